The first-order valence-electron chi connectivity index (χ1n) is 9.01. The maximum Gasteiger partial charge on any atom is 0.241 e. The summed E-state index contributed by atoms with van der Waals surface area (Å²) in [6.45, 7) is 2.65. The van der Waals surface area contributed by atoms with Crippen LogP contribution in [0.3, 0.4) is 0 Å². The first-order valence-corrected chi connectivity index (χ1v) is 9.39. The van der Waals surface area contributed by atoms with Crippen molar-refractivity contribution in [3.8, 4) is 0 Å². The molecule has 6 nitrogen and oxygen atoms in total. The summed E-state index contributed by atoms with van der Waals surface area (Å²) < 4.78 is 1.70. The van der Waals surface area contributed by atoms with E-state index in [9.17, 15) is 4.79 Å². The number of carbonyl (C=O) groups is 1. The predicted octanol–water partition coefficient (Wildman–Crippen LogP) is 3.13. The fourth-order valence-electron chi connectivity index (χ4n) is 3.56. The molecule has 1 amide bonds. The van der Waals surface area contributed by atoms with Gasteiger partial charge in [0.15, 0.2) is 0 Å². The number of nitrogens with zero attached hydrogens (tertiary/aromatic N) is 3. The van der Waals surface area contributed by atoms with Gasteiger partial charge >= 0.3 is 0 Å². The second-order valence-corrected chi connectivity index (χ2v) is 7.16. The van der Waals surface area contributed by atoms with E-state index in [4.69, 9.17) is 11.6 Å². The Morgan fingerprint density at radius 3 is 2.54 bits per heavy atom. The lowest BCUT2D eigenvalue weighted by Gasteiger charge is -2.29. The van der Waals surface area contributed by atoms with Gasteiger partial charge in [-0.15, -0.1) is 24.8 Å². The third-order valence-electron chi connectivity index (χ3n) is 4.89. The molecule has 2 atom stereocenters. The van der Waals surface area contributed by atoms with Gasteiger partial charge in [-0.25, -0.2) is 0 Å². The average molecular weight is 449 g/mol. The van der Waals surface area contributed by atoms with Gasteiger partial charge in [0.2, 0.25) is 5.91 Å². The highest BCUT2D eigenvalue weighted by molar-refractivity contribution is 6.30. The summed E-state index contributed by atoms with van der Waals surface area (Å²) in [4.78, 5) is 15.2. The van der Waals surface area contributed by atoms with E-state index in [1.54, 1.807) is 17.9 Å². The van der Waals surface area contributed by atoms with E-state index in [0.29, 0.717) is 6.54 Å². The highest BCUT2D eigenvalue weighted by atomic mass is 35.5. The Morgan fingerprint density at radius 1 is 1.25 bits per heavy atom. The fourth-order valence-corrected chi connectivity index (χ4v) is 3.76. The predicted molar refractivity (Wildman–Crippen MR) is 118 cm³/mol. The number of hydrogen-bond acceptors (Lipinski definition) is 4. The lowest BCUT2D eigenvalue weighted by atomic mass is 10.0. The van der Waals surface area contributed by atoms with Crippen LogP contribution >= 0.6 is 36.4 Å². The van der Waals surface area contributed by atoms with Crippen LogP contribution in [0, 0.1) is 0 Å². The number of halogens is 3. The number of amides is 1. The highest BCUT2D eigenvalue weighted by Gasteiger charge is 2.26. The third kappa shape index (κ3) is 6.09. The number of likely N-dealkylation sites (N-methyl/N-ethyl adjacent to an activating group) is 1. The summed E-state index contributed by atoms with van der Waals surface area (Å²) in [5.41, 5.74) is 2.00. The van der Waals surface area contributed by atoms with E-state index >= 15 is 0 Å². The Balaban J connectivity index is 0.00000196. The maximum absolute atomic E-state index is 12.7. The van der Waals surface area contributed by atoms with Gasteiger partial charge in [0.05, 0.1) is 12.2 Å². The van der Waals surface area contributed by atoms with Crippen LogP contribution in [0.15, 0.2) is 36.7 Å². The number of carbonyl (C=O) groups excluding carboxylic acids is 1. The standard InChI is InChI=1S/C19H26ClN5O.2ClH/c1-21-18(15-11-23-24(2)13-15)19(26)22-12-17(25-8-3-4-9-25)14-6-5-7-16(20)10-14;;/h5-7,10-11,13,17-18,21H,3-4,8-9,12H2,1-2H3,(H,22,26);2*1H. The normalized spacial score (nSPS) is 16.0. The van der Waals surface area contributed by atoms with Crippen LogP contribution in [-0.2, 0) is 11.8 Å². The monoisotopic (exact) mass is 447 g/mol. The largest absolute Gasteiger partial charge is 0.353 e. The zero-order valence-electron chi connectivity index (χ0n) is 16.1. The molecular weight excluding hydrogens is 421 g/mol. The second kappa shape index (κ2) is 11.6. The molecule has 28 heavy (non-hydrogen) atoms. The SMILES string of the molecule is CNC(C(=O)NCC(c1cccc(Cl)c1)N1CCCC1)c1cnn(C)c1.Cl.Cl. The lowest BCUT2D eigenvalue weighted by molar-refractivity contribution is -0.123. The van der Waals surface area contributed by atoms with Crippen LogP contribution in [0.5, 0.6) is 0 Å². The number of benzene rings is 1. The van der Waals surface area contributed by atoms with Crippen LogP contribution < -0.4 is 10.6 Å². The van der Waals surface area contributed by atoms with E-state index in [2.05, 4.69) is 26.7 Å². The van der Waals surface area contributed by atoms with E-state index < -0.39 is 6.04 Å². The van der Waals surface area contributed by atoms with E-state index in [1.807, 2.05) is 31.4 Å². The van der Waals surface area contributed by atoms with Crippen LogP contribution in [0.1, 0.15) is 36.1 Å². The molecule has 0 radical (unpaired) electrons. The summed E-state index contributed by atoms with van der Waals surface area (Å²) in [7, 11) is 3.63. The summed E-state index contributed by atoms with van der Waals surface area (Å²) in [5.74, 6) is -0.0493. The van der Waals surface area contributed by atoms with E-state index in [0.717, 1.165) is 29.2 Å². The van der Waals surface area contributed by atoms with Gasteiger partial charge in [0, 0.05) is 30.4 Å². The molecule has 0 spiro atoms. The number of aryl methyl sites for hydroxylation is 1. The van der Waals surface area contributed by atoms with Crippen molar-refractivity contribution in [2.75, 3.05) is 26.7 Å². The molecule has 1 saturated heterocycles. The fraction of sp³-hybridized carbons (Fsp3) is 0.474. The number of rotatable bonds is 7. The molecule has 0 saturated carbocycles. The first kappa shape index (κ1) is 24.7. The molecular formula is C19H28Cl3N5O. The van der Waals surface area contributed by atoms with Crippen molar-refractivity contribution in [2.45, 2.75) is 24.9 Å². The third-order valence-corrected chi connectivity index (χ3v) is 5.13. The van der Waals surface area contributed by atoms with Crippen molar-refractivity contribution < 1.29 is 4.79 Å². The zero-order valence-corrected chi connectivity index (χ0v) is 18.5. The molecule has 2 aromatic rings. The molecule has 0 bridgehead atoms. The second-order valence-electron chi connectivity index (χ2n) is 6.73. The molecule has 0 aliphatic carbocycles. The molecule has 1 aliphatic rings. The molecule has 2 unspecified atom stereocenters. The Morgan fingerprint density at radius 2 is 1.96 bits per heavy atom. The number of hydrogen-bond donors (Lipinski definition) is 2. The van der Waals surface area contributed by atoms with Gasteiger partial charge in [0.1, 0.15) is 6.04 Å². The molecule has 1 fully saturated rings. The van der Waals surface area contributed by atoms with Crippen LogP contribution in [0.2, 0.25) is 5.02 Å². The summed E-state index contributed by atoms with van der Waals surface area (Å²) in [6.07, 6.45) is 5.96. The topological polar surface area (TPSA) is 62.2 Å². The number of likely N-dealkylation sites (tertiary alicyclic amines) is 1. The Bertz CT molecular complexity index is 749. The van der Waals surface area contributed by atoms with E-state index in [1.165, 1.54) is 12.8 Å². The minimum atomic E-state index is -0.415. The quantitative estimate of drug-likeness (QED) is 0.683. The molecule has 1 aliphatic heterocycles. The maximum atomic E-state index is 12.7. The minimum absolute atomic E-state index is 0. The smallest absolute Gasteiger partial charge is 0.241 e. The molecule has 9 heteroatoms. The van der Waals surface area contributed by atoms with Crippen LogP contribution in [0.4, 0.5) is 0 Å². The molecule has 1 aromatic carbocycles. The Labute approximate surface area is 183 Å². The minimum Gasteiger partial charge on any atom is -0.353 e. The van der Waals surface area contributed by atoms with E-state index in [-0.39, 0.29) is 36.8 Å². The first-order chi connectivity index (χ1) is 12.6. The van der Waals surface area contributed by atoms with Gasteiger partial charge in [-0.2, -0.15) is 5.10 Å². The number of aromatic nitrogens is 2. The van der Waals surface area contributed by atoms with Crippen LogP contribution in [-0.4, -0.2) is 47.3 Å². The van der Waals surface area contributed by atoms with Gasteiger partial charge in [-0.1, -0.05) is 23.7 Å². The van der Waals surface area contributed by atoms with Crippen molar-refractivity contribution in [3.63, 3.8) is 0 Å². The van der Waals surface area contributed by atoms with Crippen molar-refractivity contribution in [3.05, 3.63) is 52.8 Å². The Kier molecular flexibility index (Phi) is 10.3. The summed E-state index contributed by atoms with van der Waals surface area (Å²) in [6, 6.07) is 7.64. The van der Waals surface area contributed by atoms with Crippen molar-refractivity contribution in [2.24, 2.45) is 7.05 Å². The molecule has 2 N–H and O–H groups in total. The zero-order chi connectivity index (χ0) is 18.5. The van der Waals surface area contributed by atoms with Gasteiger partial charge in [0.25, 0.3) is 0 Å². The molecule has 3 rings (SSSR count). The summed E-state index contributed by atoms with van der Waals surface area (Å²) >= 11 is 6.19. The Hall–Kier alpha value is -1.31. The van der Waals surface area contributed by atoms with Crippen molar-refractivity contribution in [1.29, 1.82) is 0 Å². The van der Waals surface area contributed by atoms with Gasteiger partial charge in [-0.05, 0) is 50.7 Å². The molecule has 1 aromatic heterocycles. The van der Waals surface area contributed by atoms with Crippen LogP contribution in [0.25, 0.3) is 0 Å². The van der Waals surface area contributed by atoms with Gasteiger partial charge in [-0.3, -0.25) is 14.4 Å². The highest BCUT2D eigenvalue weighted by Crippen LogP contribution is 2.26. The van der Waals surface area contributed by atoms with Crippen molar-refractivity contribution in [1.82, 2.24) is 25.3 Å². The lowest BCUT2D eigenvalue weighted by Crippen LogP contribution is -2.41. The van der Waals surface area contributed by atoms with Gasteiger partial charge < -0.3 is 10.6 Å². The van der Waals surface area contributed by atoms with Crippen molar-refractivity contribution >= 4 is 42.3 Å². The average Bonchev–Trinajstić information content (AvgIpc) is 3.28. The number of nitrogens with one attached hydrogen (secondary N) is 2. The summed E-state index contributed by atoms with van der Waals surface area (Å²) in [5, 5.41) is 11.1. The molecule has 156 valence electrons. The molecule has 2 heterocycles.